The van der Waals surface area contributed by atoms with E-state index in [1.165, 1.54) is 6.42 Å². The molecule has 0 bridgehead atoms. The van der Waals surface area contributed by atoms with Crippen LogP contribution in [0.3, 0.4) is 0 Å². The van der Waals surface area contributed by atoms with Crippen LogP contribution in [0.1, 0.15) is 38.7 Å². The summed E-state index contributed by atoms with van der Waals surface area (Å²) in [5, 5.41) is 10.8. The Morgan fingerprint density at radius 2 is 2.25 bits per heavy atom. The fraction of sp³-hybridized carbons (Fsp3) is 0.615. The lowest BCUT2D eigenvalue weighted by atomic mass is 9.67. The Labute approximate surface area is 96.7 Å². The van der Waals surface area contributed by atoms with Crippen molar-refractivity contribution in [2.24, 2.45) is 11.8 Å². The number of pyridine rings is 1. The summed E-state index contributed by atoms with van der Waals surface area (Å²) >= 11 is 0. The van der Waals surface area contributed by atoms with Crippen LogP contribution in [0.15, 0.2) is 18.3 Å². The molecule has 0 aromatic carbocycles. The normalized spacial score (nSPS) is 34.9. The minimum atomic E-state index is -0.796. The maximum atomic E-state index is 10.8. The van der Waals surface area contributed by atoms with Gasteiger partial charge in [0.05, 0.1) is 5.60 Å². The molecule has 0 saturated heterocycles. The van der Waals surface area contributed by atoms with Crippen LogP contribution in [-0.4, -0.2) is 10.1 Å². The highest BCUT2D eigenvalue weighted by Gasteiger charge is 2.42. The van der Waals surface area contributed by atoms with Gasteiger partial charge in [-0.15, -0.1) is 0 Å². The summed E-state index contributed by atoms with van der Waals surface area (Å²) in [6.45, 7) is 4.30. The first-order chi connectivity index (χ1) is 7.55. The number of nitrogens with zero attached hydrogens (tertiary/aromatic N) is 1. The van der Waals surface area contributed by atoms with E-state index in [-0.39, 0.29) is 5.92 Å². The van der Waals surface area contributed by atoms with Gasteiger partial charge in [0, 0.05) is 11.8 Å². The fourth-order valence-electron chi connectivity index (χ4n) is 2.81. The predicted octanol–water partition coefficient (Wildman–Crippen LogP) is 2.31. The topological polar surface area (TPSA) is 59.1 Å². The monoisotopic (exact) mass is 220 g/mol. The average molecular weight is 220 g/mol. The smallest absolute Gasteiger partial charge is 0.129 e. The van der Waals surface area contributed by atoms with Crippen LogP contribution in [0.5, 0.6) is 0 Å². The Balaban J connectivity index is 2.41. The fourth-order valence-corrected chi connectivity index (χ4v) is 2.81. The first-order valence-electron chi connectivity index (χ1n) is 5.99. The first kappa shape index (κ1) is 11.4. The molecule has 1 aliphatic carbocycles. The van der Waals surface area contributed by atoms with Gasteiger partial charge in [0.2, 0.25) is 0 Å². The highest BCUT2D eigenvalue weighted by Crippen LogP contribution is 2.45. The van der Waals surface area contributed by atoms with E-state index >= 15 is 0 Å². The molecule has 1 aromatic rings. The molecule has 3 nitrogen and oxygen atoms in total. The van der Waals surface area contributed by atoms with Crippen LogP contribution >= 0.6 is 0 Å². The molecule has 0 aliphatic heterocycles. The van der Waals surface area contributed by atoms with E-state index in [1.54, 1.807) is 6.20 Å². The van der Waals surface area contributed by atoms with Gasteiger partial charge in [-0.3, -0.25) is 0 Å². The Hall–Kier alpha value is -1.09. The van der Waals surface area contributed by atoms with Gasteiger partial charge in [-0.1, -0.05) is 26.3 Å². The van der Waals surface area contributed by atoms with Crippen LogP contribution in [0.4, 0.5) is 5.82 Å². The minimum absolute atomic E-state index is 0.229. The number of anilines is 1. The van der Waals surface area contributed by atoms with E-state index in [1.807, 2.05) is 12.1 Å². The Morgan fingerprint density at radius 3 is 2.94 bits per heavy atom. The molecule has 0 radical (unpaired) electrons. The summed E-state index contributed by atoms with van der Waals surface area (Å²) in [6, 6.07) is 3.74. The molecule has 1 aromatic heterocycles. The molecule has 3 N–H and O–H groups in total. The molecule has 0 spiro atoms. The lowest BCUT2D eigenvalue weighted by Crippen LogP contribution is -2.41. The van der Waals surface area contributed by atoms with Crippen LogP contribution in [0.25, 0.3) is 0 Å². The van der Waals surface area contributed by atoms with Gasteiger partial charge in [0.1, 0.15) is 5.82 Å². The third-order valence-corrected chi connectivity index (χ3v) is 4.13. The summed E-state index contributed by atoms with van der Waals surface area (Å²) in [7, 11) is 0. The lowest BCUT2D eigenvalue weighted by Gasteiger charge is -2.42. The highest BCUT2D eigenvalue weighted by molar-refractivity contribution is 5.43. The maximum Gasteiger partial charge on any atom is 0.129 e. The number of hydrogen-bond donors (Lipinski definition) is 2. The van der Waals surface area contributed by atoms with E-state index in [4.69, 9.17) is 5.73 Å². The number of aromatic nitrogens is 1. The van der Waals surface area contributed by atoms with Crippen molar-refractivity contribution >= 4 is 5.82 Å². The summed E-state index contributed by atoms with van der Waals surface area (Å²) in [6.07, 6.45) is 4.69. The largest absolute Gasteiger partial charge is 0.385 e. The molecule has 1 saturated carbocycles. The minimum Gasteiger partial charge on any atom is -0.385 e. The van der Waals surface area contributed by atoms with Crippen LogP contribution in [-0.2, 0) is 5.60 Å². The molecule has 3 heteroatoms. The van der Waals surface area contributed by atoms with Crippen LogP contribution in [0, 0.1) is 11.8 Å². The van der Waals surface area contributed by atoms with Gasteiger partial charge in [-0.2, -0.15) is 0 Å². The van der Waals surface area contributed by atoms with Crippen molar-refractivity contribution in [2.45, 2.75) is 38.7 Å². The van der Waals surface area contributed by atoms with Gasteiger partial charge >= 0.3 is 0 Å². The van der Waals surface area contributed by atoms with Crippen LogP contribution in [0.2, 0.25) is 0 Å². The van der Waals surface area contributed by atoms with Gasteiger partial charge in [-0.05, 0) is 30.7 Å². The van der Waals surface area contributed by atoms with Gasteiger partial charge in [0.15, 0.2) is 0 Å². The number of nitrogens with two attached hydrogens (primary N) is 1. The molecule has 3 unspecified atom stereocenters. The van der Waals surface area contributed by atoms with E-state index in [0.717, 1.165) is 18.4 Å². The van der Waals surface area contributed by atoms with E-state index in [2.05, 4.69) is 18.8 Å². The molecule has 2 rings (SSSR count). The van der Waals surface area contributed by atoms with Crippen molar-refractivity contribution in [3.63, 3.8) is 0 Å². The van der Waals surface area contributed by atoms with Crippen molar-refractivity contribution in [2.75, 3.05) is 5.73 Å². The highest BCUT2D eigenvalue weighted by atomic mass is 16.3. The molecule has 0 amide bonds. The zero-order valence-electron chi connectivity index (χ0n) is 9.98. The number of rotatable bonds is 1. The average Bonchev–Trinajstić information content (AvgIpc) is 2.26. The van der Waals surface area contributed by atoms with E-state index in [9.17, 15) is 5.11 Å². The maximum absolute atomic E-state index is 10.8. The van der Waals surface area contributed by atoms with Gasteiger partial charge < -0.3 is 10.8 Å². The van der Waals surface area contributed by atoms with Gasteiger partial charge in [-0.25, -0.2) is 4.98 Å². The number of aliphatic hydroxyl groups is 1. The molecule has 1 fully saturated rings. The first-order valence-corrected chi connectivity index (χ1v) is 5.99. The second-order valence-electron chi connectivity index (χ2n) is 5.02. The van der Waals surface area contributed by atoms with Crippen LogP contribution < -0.4 is 5.73 Å². The van der Waals surface area contributed by atoms with Crippen molar-refractivity contribution < 1.29 is 5.11 Å². The Morgan fingerprint density at radius 1 is 1.50 bits per heavy atom. The second-order valence-corrected chi connectivity index (χ2v) is 5.02. The quantitative estimate of drug-likeness (QED) is 0.763. The van der Waals surface area contributed by atoms with Crippen molar-refractivity contribution in [1.82, 2.24) is 4.98 Å². The van der Waals surface area contributed by atoms with E-state index in [0.29, 0.717) is 11.7 Å². The third kappa shape index (κ3) is 1.69. The number of hydrogen-bond acceptors (Lipinski definition) is 3. The van der Waals surface area contributed by atoms with Gasteiger partial charge in [0.25, 0.3) is 0 Å². The predicted molar refractivity (Wildman–Crippen MR) is 64.7 cm³/mol. The molecule has 1 aliphatic rings. The van der Waals surface area contributed by atoms with Crippen molar-refractivity contribution in [3.05, 3.63) is 23.9 Å². The summed E-state index contributed by atoms with van der Waals surface area (Å²) in [5.41, 5.74) is 5.88. The molecular weight excluding hydrogens is 200 g/mol. The molecule has 16 heavy (non-hydrogen) atoms. The number of nitrogen functional groups attached to an aromatic ring is 1. The van der Waals surface area contributed by atoms with Crippen molar-refractivity contribution in [3.8, 4) is 0 Å². The molecule has 88 valence electrons. The SMILES string of the molecule is CC1CCCC(O)(c2cccnc2N)C1C. The molecule has 1 heterocycles. The van der Waals surface area contributed by atoms with E-state index < -0.39 is 5.60 Å². The third-order valence-electron chi connectivity index (χ3n) is 4.13. The Bertz CT molecular complexity index is 380. The summed E-state index contributed by atoms with van der Waals surface area (Å²) in [4.78, 5) is 4.08. The van der Waals surface area contributed by atoms with Crippen molar-refractivity contribution in [1.29, 1.82) is 0 Å². The summed E-state index contributed by atoms with van der Waals surface area (Å²) in [5.74, 6) is 1.22. The summed E-state index contributed by atoms with van der Waals surface area (Å²) < 4.78 is 0. The molecule has 3 atom stereocenters. The lowest BCUT2D eigenvalue weighted by molar-refractivity contribution is -0.0684. The molecular formula is C13H20N2O. The zero-order chi connectivity index (χ0) is 11.8. The zero-order valence-corrected chi connectivity index (χ0v) is 9.98. The Kier molecular flexibility index (Phi) is 2.89. The second kappa shape index (κ2) is 4.06. The standard InChI is InChI=1S/C13H20N2O/c1-9-5-3-7-13(16,10(9)2)11-6-4-8-15-12(11)14/h4,6,8-10,16H,3,5,7H2,1-2H3,(H2,14,15).